The van der Waals surface area contributed by atoms with Crippen LogP contribution in [0.4, 0.5) is 10.3 Å². The summed E-state index contributed by atoms with van der Waals surface area (Å²) in [7, 11) is 0. The van der Waals surface area contributed by atoms with Crippen LogP contribution in [0.5, 0.6) is 0 Å². The van der Waals surface area contributed by atoms with Crippen molar-refractivity contribution in [1.82, 2.24) is 9.55 Å². The molecule has 2 N–H and O–H groups in total. The van der Waals surface area contributed by atoms with Gasteiger partial charge in [0, 0.05) is 18.7 Å². The second-order valence-corrected chi connectivity index (χ2v) is 5.13. The molecule has 0 aliphatic heterocycles. The number of nitrogens with zero attached hydrogens (tertiary/aromatic N) is 2. The van der Waals surface area contributed by atoms with E-state index in [4.69, 9.17) is 10.5 Å². The van der Waals surface area contributed by atoms with E-state index in [-0.39, 0.29) is 5.82 Å². The van der Waals surface area contributed by atoms with Gasteiger partial charge in [0.05, 0.1) is 17.1 Å². The quantitative estimate of drug-likeness (QED) is 0.926. The minimum Gasteiger partial charge on any atom is -0.378 e. The third-order valence-electron chi connectivity index (χ3n) is 3.83. The molecule has 1 aromatic carbocycles. The zero-order valence-corrected chi connectivity index (χ0v) is 11.2. The molecule has 0 amide bonds. The van der Waals surface area contributed by atoms with E-state index in [0.29, 0.717) is 29.2 Å². The lowest BCUT2D eigenvalue weighted by molar-refractivity contribution is -0.0182. The lowest BCUT2D eigenvalue weighted by atomic mass is 9.88. The van der Waals surface area contributed by atoms with Gasteiger partial charge in [0.25, 0.3) is 0 Å². The number of hydrogen-bond donors (Lipinski definition) is 1. The van der Waals surface area contributed by atoms with Gasteiger partial charge in [0.2, 0.25) is 5.95 Å². The van der Waals surface area contributed by atoms with Crippen molar-refractivity contribution in [2.75, 3.05) is 12.3 Å². The second kappa shape index (κ2) is 4.49. The molecule has 1 aliphatic rings. The maximum Gasteiger partial charge on any atom is 0.201 e. The normalized spacial score (nSPS) is 22.7. The molecule has 5 heteroatoms. The molecule has 0 spiro atoms. The standard InChI is InChI=1S/C14H18FN3O/c1-3-19-10-5-9(6-10)18-13-4-8(2)11(15)7-12(13)17-14(18)16/h4,7,9-10H,3,5-6H2,1-2H3,(H2,16,17). The Bertz CT molecular complexity index is 617. The zero-order valence-electron chi connectivity index (χ0n) is 11.2. The Balaban J connectivity index is 1.96. The van der Waals surface area contributed by atoms with Crippen molar-refractivity contribution >= 4 is 17.0 Å². The highest BCUT2D eigenvalue weighted by Gasteiger charge is 2.33. The maximum absolute atomic E-state index is 13.5. The molecular formula is C14H18FN3O. The van der Waals surface area contributed by atoms with Gasteiger partial charge in [0.15, 0.2) is 0 Å². The van der Waals surface area contributed by atoms with E-state index in [1.54, 1.807) is 6.92 Å². The number of rotatable bonds is 3. The monoisotopic (exact) mass is 263 g/mol. The minimum absolute atomic E-state index is 0.238. The number of aryl methyl sites for hydroxylation is 1. The van der Waals surface area contributed by atoms with Crippen molar-refractivity contribution in [2.45, 2.75) is 38.8 Å². The van der Waals surface area contributed by atoms with E-state index in [9.17, 15) is 4.39 Å². The van der Waals surface area contributed by atoms with Crippen molar-refractivity contribution in [3.63, 3.8) is 0 Å². The number of nitrogens with two attached hydrogens (primary N) is 1. The van der Waals surface area contributed by atoms with Crippen LogP contribution >= 0.6 is 0 Å². The molecule has 0 unspecified atom stereocenters. The first kappa shape index (κ1) is 12.4. The van der Waals surface area contributed by atoms with E-state index < -0.39 is 0 Å². The second-order valence-electron chi connectivity index (χ2n) is 5.13. The van der Waals surface area contributed by atoms with Crippen LogP contribution in [0.1, 0.15) is 31.4 Å². The van der Waals surface area contributed by atoms with Gasteiger partial charge in [-0.15, -0.1) is 0 Å². The summed E-state index contributed by atoms with van der Waals surface area (Å²) in [6.45, 7) is 4.49. The fraction of sp³-hybridized carbons (Fsp3) is 0.500. The molecule has 1 fully saturated rings. The van der Waals surface area contributed by atoms with E-state index in [0.717, 1.165) is 25.0 Å². The minimum atomic E-state index is -0.238. The maximum atomic E-state index is 13.5. The Kier molecular flexibility index (Phi) is 2.93. The molecule has 0 saturated heterocycles. The van der Waals surface area contributed by atoms with Crippen molar-refractivity contribution in [3.8, 4) is 0 Å². The topological polar surface area (TPSA) is 53.1 Å². The summed E-state index contributed by atoms with van der Waals surface area (Å²) < 4.78 is 21.1. The van der Waals surface area contributed by atoms with Gasteiger partial charge >= 0.3 is 0 Å². The van der Waals surface area contributed by atoms with Gasteiger partial charge in [-0.25, -0.2) is 9.37 Å². The average Bonchev–Trinajstić information content (AvgIpc) is 2.60. The highest BCUT2D eigenvalue weighted by molar-refractivity contribution is 5.79. The molecule has 0 atom stereocenters. The Morgan fingerprint density at radius 2 is 2.21 bits per heavy atom. The number of ether oxygens (including phenoxy) is 1. The molecule has 0 bridgehead atoms. The Morgan fingerprint density at radius 1 is 1.47 bits per heavy atom. The van der Waals surface area contributed by atoms with Crippen LogP contribution < -0.4 is 5.73 Å². The van der Waals surface area contributed by atoms with Gasteiger partial charge in [-0.2, -0.15) is 0 Å². The van der Waals surface area contributed by atoms with Crippen molar-refractivity contribution < 1.29 is 9.13 Å². The van der Waals surface area contributed by atoms with Gasteiger partial charge in [0.1, 0.15) is 5.82 Å². The fourth-order valence-electron chi connectivity index (χ4n) is 2.74. The van der Waals surface area contributed by atoms with Crippen molar-refractivity contribution in [3.05, 3.63) is 23.5 Å². The Hall–Kier alpha value is -1.62. The van der Waals surface area contributed by atoms with Gasteiger partial charge in [-0.1, -0.05) is 0 Å². The number of benzene rings is 1. The zero-order chi connectivity index (χ0) is 13.6. The predicted molar refractivity (Wildman–Crippen MR) is 72.5 cm³/mol. The molecular weight excluding hydrogens is 245 g/mol. The van der Waals surface area contributed by atoms with Gasteiger partial charge in [-0.3, -0.25) is 0 Å². The van der Waals surface area contributed by atoms with E-state index in [1.165, 1.54) is 6.07 Å². The molecule has 2 aromatic rings. The van der Waals surface area contributed by atoms with E-state index in [1.807, 2.05) is 17.6 Å². The summed E-state index contributed by atoms with van der Waals surface area (Å²) in [5.41, 5.74) is 8.13. The molecule has 1 heterocycles. The summed E-state index contributed by atoms with van der Waals surface area (Å²) in [5.74, 6) is 0.220. The largest absolute Gasteiger partial charge is 0.378 e. The SMILES string of the molecule is CCOC1CC(n2c(N)nc3cc(F)c(C)cc32)C1. The Morgan fingerprint density at radius 3 is 2.89 bits per heavy atom. The first-order valence-electron chi connectivity index (χ1n) is 6.65. The first-order valence-corrected chi connectivity index (χ1v) is 6.65. The van der Waals surface area contributed by atoms with Crippen LogP contribution in [-0.4, -0.2) is 22.3 Å². The summed E-state index contributed by atoms with van der Waals surface area (Å²) >= 11 is 0. The van der Waals surface area contributed by atoms with Crippen LogP contribution in [-0.2, 0) is 4.74 Å². The number of imidazole rings is 1. The molecule has 1 saturated carbocycles. The van der Waals surface area contributed by atoms with Gasteiger partial charge < -0.3 is 15.0 Å². The average molecular weight is 263 g/mol. The summed E-state index contributed by atoms with van der Waals surface area (Å²) in [6, 6.07) is 3.59. The van der Waals surface area contributed by atoms with Crippen molar-refractivity contribution in [1.29, 1.82) is 0 Å². The smallest absolute Gasteiger partial charge is 0.201 e. The fourth-order valence-corrected chi connectivity index (χ4v) is 2.74. The van der Waals surface area contributed by atoms with Crippen molar-refractivity contribution in [2.24, 2.45) is 0 Å². The highest BCUT2D eigenvalue weighted by atomic mass is 19.1. The number of nitrogen functional groups attached to an aromatic ring is 1. The van der Waals surface area contributed by atoms with Crippen LogP contribution in [0.15, 0.2) is 12.1 Å². The molecule has 0 radical (unpaired) electrons. The van der Waals surface area contributed by atoms with Crippen LogP contribution in [0.3, 0.4) is 0 Å². The molecule has 3 rings (SSSR count). The molecule has 1 aliphatic carbocycles. The summed E-state index contributed by atoms with van der Waals surface area (Å²) in [4.78, 5) is 4.25. The lowest BCUT2D eigenvalue weighted by Crippen LogP contribution is -2.33. The van der Waals surface area contributed by atoms with E-state index >= 15 is 0 Å². The van der Waals surface area contributed by atoms with E-state index in [2.05, 4.69) is 4.98 Å². The van der Waals surface area contributed by atoms with Gasteiger partial charge in [-0.05, 0) is 38.3 Å². The molecule has 4 nitrogen and oxygen atoms in total. The van der Waals surface area contributed by atoms with Crippen LogP contribution in [0.2, 0.25) is 0 Å². The van der Waals surface area contributed by atoms with Crippen LogP contribution in [0, 0.1) is 12.7 Å². The number of anilines is 1. The third kappa shape index (κ3) is 1.98. The number of halogens is 1. The highest BCUT2D eigenvalue weighted by Crippen LogP contribution is 2.38. The summed E-state index contributed by atoms with van der Waals surface area (Å²) in [5, 5.41) is 0. The Labute approximate surface area is 111 Å². The molecule has 1 aromatic heterocycles. The molecule has 102 valence electrons. The predicted octanol–water partition coefficient (Wildman–Crippen LogP) is 2.81. The first-order chi connectivity index (χ1) is 9.10. The lowest BCUT2D eigenvalue weighted by Gasteiger charge is -2.36. The number of hydrogen-bond acceptors (Lipinski definition) is 3. The van der Waals surface area contributed by atoms with Crippen LogP contribution in [0.25, 0.3) is 11.0 Å². The summed E-state index contributed by atoms with van der Waals surface area (Å²) in [6.07, 6.45) is 2.20. The number of aromatic nitrogens is 2. The third-order valence-corrected chi connectivity index (χ3v) is 3.83. The molecule has 19 heavy (non-hydrogen) atoms. The number of fused-ring (bicyclic) bond motifs is 1.